The molecule has 0 radical (unpaired) electrons. The van der Waals surface area contributed by atoms with Gasteiger partial charge in [-0.25, -0.2) is 0 Å². The van der Waals surface area contributed by atoms with Crippen LogP contribution in [0.5, 0.6) is 0 Å². The number of nitrogens with one attached hydrogen (secondary N) is 1. The number of nitriles is 1. The summed E-state index contributed by atoms with van der Waals surface area (Å²) in [5, 5.41) is 12.1. The quantitative estimate of drug-likeness (QED) is 0.726. The standard InChI is InChI=1S/C13H25N3O/c1-3-15-13(10-14)4-7-16(2)11-12-5-8-17-9-6-12/h12-13,15H,3-9,11H2,1-2H3. The van der Waals surface area contributed by atoms with Crippen LogP contribution in [0.25, 0.3) is 0 Å². The third-order valence-corrected chi connectivity index (χ3v) is 3.32. The van der Waals surface area contributed by atoms with Gasteiger partial charge in [0, 0.05) is 26.3 Å². The minimum atomic E-state index is -0.00265. The predicted octanol–water partition coefficient (Wildman–Crippen LogP) is 1.24. The van der Waals surface area contributed by atoms with Crippen molar-refractivity contribution in [2.45, 2.75) is 32.2 Å². The van der Waals surface area contributed by atoms with Gasteiger partial charge in [-0.2, -0.15) is 5.26 Å². The molecule has 0 spiro atoms. The highest BCUT2D eigenvalue weighted by molar-refractivity contribution is 4.89. The lowest BCUT2D eigenvalue weighted by atomic mass is 10.00. The largest absolute Gasteiger partial charge is 0.381 e. The summed E-state index contributed by atoms with van der Waals surface area (Å²) in [5.74, 6) is 0.772. The van der Waals surface area contributed by atoms with Crippen molar-refractivity contribution in [1.29, 1.82) is 5.26 Å². The molecule has 0 aromatic rings. The lowest BCUT2D eigenvalue weighted by Gasteiger charge is -2.27. The zero-order valence-corrected chi connectivity index (χ0v) is 11.1. The summed E-state index contributed by atoms with van der Waals surface area (Å²) in [7, 11) is 2.15. The van der Waals surface area contributed by atoms with Crippen LogP contribution >= 0.6 is 0 Å². The fraction of sp³-hybridized carbons (Fsp3) is 0.923. The molecule has 0 aromatic carbocycles. The molecule has 0 amide bonds. The van der Waals surface area contributed by atoms with E-state index in [9.17, 15) is 0 Å². The Kier molecular flexibility index (Phi) is 7.18. The third-order valence-electron chi connectivity index (χ3n) is 3.32. The van der Waals surface area contributed by atoms with Crippen LogP contribution in [0.15, 0.2) is 0 Å². The number of nitrogens with zero attached hydrogens (tertiary/aromatic N) is 2. The third kappa shape index (κ3) is 6.02. The van der Waals surface area contributed by atoms with Crippen LogP contribution in [0.4, 0.5) is 0 Å². The normalized spacial score (nSPS) is 19.2. The summed E-state index contributed by atoms with van der Waals surface area (Å²) in [6.07, 6.45) is 3.27. The molecule has 0 aromatic heterocycles. The van der Waals surface area contributed by atoms with Gasteiger partial charge in [0.1, 0.15) is 0 Å². The first-order chi connectivity index (χ1) is 8.26. The van der Waals surface area contributed by atoms with E-state index in [0.29, 0.717) is 0 Å². The van der Waals surface area contributed by atoms with Gasteiger partial charge in [0.15, 0.2) is 0 Å². The van der Waals surface area contributed by atoms with Crippen molar-refractivity contribution in [1.82, 2.24) is 10.2 Å². The van der Waals surface area contributed by atoms with Gasteiger partial charge in [0.2, 0.25) is 0 Å². The molecule has 1 aliphatic heterocycles. The predicted molar refractivity (Wildman–Crippen MR) is 68.7 cm³/mol. The molecule has 1 rings (SSSR count). The zero-order chi connectivity index (χ0) is 12.5. The van der Waals surface area contributed by atoms with E-state index in [4.69, 9.17) is 10.00 Å². The second kappa shape index (κ2) is 8.46. The van der Waals surface area contributed by atoms with E-state index in [-0.39, 0.29) is 6.04 Å². The minimum absolute atomic E-state index is 0.00265. The summed E-state index contributed by atoms with van der Waals surface area (Å²) in [4.78, 5) is 2.34. The van der Waals surface area contributed by atoms with Gasteiger partial charge >= 0.3 is 0 Å². The van der Waals surface area contributed by atoms with E-state index in [1.165, 1.54) is 12.8 Å². The van der Waals surface area contributed by atoms with Crippen molar-refractivity contribution >= 4 is 0 Å². The van der Waals surface area contributed by atoms with Gasteiger partial charge in [-0.3, -0.25) is 0 Å². The SMILES string of the molecule is CCNC(C#N)CCN(C)CC1CCOCC1. The molecule has 1 unspecified atom stereocenters. The fourth-order valence-electron chi connectivity index (χ4n) is 2.27. The highest BCUT2D eigenvalue weighted by atomic mass is 16.5. The summed E-state index contributed by atoms with van der Waals surface area (Å²) in [6, 6.07) is 2.30. The van der Waals surface area contributed by atoms with E-state index < -0.39 is 0 Å². The van der Waals surface area contributed by atoms with Gasteiger partial charge in [-0.15, -0.1) is 0 Å². The zero-order valence-electron chi connectivity index (χ0n) is 11.1. The lowest BCUT2D eigenvalue weighted by Crippen LogP contribution is -2.35. The summed E-state index contributed by atoms with van der Waals surface area (Å²) >= 11 is 0. The van der Waals surface area contributed by atoms with Gasteiger partial charge in [0.05, 0.1) is 12.1 Å². The Morgan fingerprint density at radius 2 is 2.18 bits per heavy atom. The maximum absolute atomic E-state index is 8.94. The summed E-state index contributed by atoms with van der Waals surface area (Å²) < 4.78 is 5.36. The van der Waals surface area contributed by atoms with Crippen molar-refractivity contribution in [3.63, 3.8) is 0 Å². The molecule has 0 bridgehead atoms. The molecule has 1 saturated heterocycles. The first-order valence-corrected chi connectivity index (χ1v) is 6.65. The second-order valence-corrected chi connectivity index (χ2v) is 4.85. The van der Waals surface area contributed by atoms with Gasteiger partial charge in [-0.05, 0) is 38.8 Å². The minimum Gasteiger partial charge on any atom is -0.381 e. The highest BCUT2D eigenvalue weighted by Crippen LogP contribution is 2.15. The van der Waals surface area contributed by atoms with Crippen LogP contribution < -0.4 is 5.32 Å². The highest BCUT2D eigenvalue weighted by Gasteiger charge is 2.16. The molecule has 4 nitrogen and oxygen atoms in total. The summed E-state index contributed by atoms with van der Waals surface area (Å²) in [5.41, 5.74) is 0. The first-order valence-electron chi connectivity index (χ1n) is 6.65. The van der Waals surface area contributed by atoms with Crippen LogP contribution in [-0.2, 0) is 4.74 Å². The van der Waals surface area contributed by atoms with Gasteiger partial charge in [0.25, 0.3) is 0 Å². The molecule has 17 heavy (non-hydrogen) atoms. The van der Waals surface area contributed by atoms with E-state index in [1.807, 2.05) is 6.92 Å². The Bertz CT molecular complexity index is 233. The average molecular weight is 239 g/mol. The van der Waals surface area contributed by atoms with E-state index >= 15 is 0 Å². The monoisotopic (exact) mass is 239 g/mol. The summed E-state index contributed by atoms with van der Waals surface area (Å²) in [6.45, 7) is 6.85. The Morgan fingerprint density at radius 3 is 2.76 bits per heavy atom. The molecule has 0 saturated carbocycles. The molecular formula is C13H25N3O. The lowest BCUT2D eigenvalue weighted by molar-refractivity contribution is 0.0555. The maximum atomic E-state index is 8.94. The molecule has 1 atom stereocenters. The van der Waals surface area contributed by atoms with Crippen LogP contribution in [0.1, 0.15) is 26.2 Å². The van der Waals surface area contributed by atoms with Crippen molar-refractivity contribution in [2.75, 3.05) is 39.9 Å². The van der Waals surface area contributed by atoms with Crippen LogP contribution in [0, 0.1) is 17.2 Å². The second-order valence-electron chi connectivity index (χ2n) is 4.85. The Balaban J connectivity index is 2.15. The maximum Gasteiger partial charge on any atom is 0.0965 e. The van der Waals surface area contributed by atoms with Crippen molar-refractivity contribution < 1.29 is 4.74 Å². The molecule has 1 aliphatic rings. The molecule has 1 fully saturated rings. The Labute approximate surface area is 105 Å². The number of ether oxygens (including phenoxy) is 1. The van der Waals surface area contributed by atoms with E-state index in [0.717, 1.165) is 45.2 Å². The first kappa shape index (κ1) is 14.4. The smallest absolute Gasteiger partial charge is 0.0965 e. The molecule has 1 heterocycles. The average Bonchev–Trinajstić information content (AvgIpc) is 2.35. The van der Waals surface area contributed by atoms with Gasteiger partial charge in [-0.1, -0.05) is 6.92 Å². The molecule has 1 N–H and O–H groups in total. The van der Waals surface area contributed by atoms with E-state index in [2.05, 4.69) is 23.3 Å². The van der Waals surface area contributed by atoms with Crippen molar-refractivity contribution in [3.05, 3.63) is 0 Å². The molecular weight excluding hydrogens is 214 g/mol. The molecule has 98 valence electrons. The van der Waals surface area contributed by atoms with Gasteiger partial charge < -0.3 is 15.0 Å². The van der Waals surface area contributed by atoms with Crippen molar-refractivity contribution in [3.8, 4) is 6.07 Å². The van der Waals surface area contributed by atoms with Crippen LogP contribution in [-0.4, -0.2) is 50.8 Å². The number of hydrogen-bond donors (Lipinski definition) is 1. The van der Waals surface area contributed by atoms with Crippen LogP contribution in [0.3, 0.4) is 0 Å². The van der Waals surface area contributed by atoms with Crippen molar-refractivity contribution in [2.24, 2.45) is 5.92 Å². The topological polar surface area (TPSA) is 48.3 Å². The number of rotatable bonds is 7. The van der Waals surface area contributed by atoms with Crippen LogP contribution in [0.2, 0.25) is 0 Å². The molecule has 4 heteroatoms. The Morgan fingerprint density at radius 1 is 1.47 bits per heavy atom. The van der Waals surface area contributed by atoms with E-state index in [1.54, 1.807) is 0 Å². The Hall–Kier alpha value is -0.630. The fourth-order valence-corrected chi connectivity index (χ4v) is 2.27. The number of hydrogen-bond acceptors (Lipinski definition) is 4. The molecule has 0 aliphatic carbocycles.